The first-order valence-corrected chi connectivity index (χ1v) is 10.0. The third-order valence-electron chi connectivity index (χ3n) is 6.22. The van der Waals surface area contributed by atoms with Gasteiger partial charge in [-0.05, 0) is 73.3 Å². The summed E-state index contributed by atoms with van der Waals surface area (Å²) in [6.07, 6.45) is 2.36. The molecule has 6 rings (SSSR count). The first kappa shape index (κ1) is 17.3. The summed E-state index contributed by atoms with van der Waals surface area (Å²) in [5, 5.41) is 7.29. The number of piperidine rings is 3. The van der Waals surface area contributed by atoms with E-state index in [4.69, 9.17) is 4.42 Å². The van der Waals surface area contributed by atoms with E-state index in [2.05, 4.69) is 45.9 Å². The molecule has 3 aliphatic rings. The molecule has 4 heterocycles. The smallest absolute Gasteiger partial charge is 0.287 e. The second-order valence-corrected chi connectivity index (χ2v) is 7.91. The van der Waals surface area contributed by atoms with Crippen LogP contribution in [0.3, 0.4) is 0 Å². The molecule has 2 aromatic carbocycles. The number of rotatable bonds is 4. The number of benzene rings is 2. The average Bonchev–Trinajstić information content (AvgIpc) is 3.18. The van der Waals surface area contributed by atoms with Crippen LogP contribution in [0.4, 0.5) is 5.69 Å². The lowest BCUT2D eigenvalue weighted by atomic mass is 9.84. The largest absolute Gasteiger partial charge is 0.451 e. The van der Waals surface area contributed by atoms with Crippen molar-refractivity contribution in [2.24, 2.45) is 5.92 Å². The summed E-state index contributed by atoms with van der Waals surface area (Å²) in [7, 11) is 1.91. The number of carbonyl (C=O) groups is 1. The summed E-state index contributed by atoms with van der Waals surface area (Å²) >= 11 is 0. The highest BCUT2D eigenvalue weighted by Gasteiger charge is 2.35. The van der Waals surface area contributed by atoms with Crippen LogP contribution in [0.1, 0.15) is 23.4 Å². The van der Waals surface area contributed by atoms with Crippen LogP contribution >= 0.6 is 0 Å². The summed E-state index contributed by atoms with van der Waals surface area (Å²) in [4.78, 5) is 15.2. The Labute approximate surface area is 164 Å². The molecule has 2 bridgehead atoms. The summed E-state index contributed by atoms with van der Waals surface area (Å²) < 4.78 is 5.84. The third-order valence-corrected chi connectivity index (χ3v) is 6.22. The van der Waals surface area contributed by atoms with Gasteiger partial charge in [-0.2, -0.15) is 0 Å². The van der Waals surface area contributed by atoms with Crippen LogP contribution in [-0.2, 0) is 0 Å². The standard InChI is InChI=1S/C23H25N3O2/c1-24-19-5-2-15(3-6-19)17-4-7-21-18(12-17)13-22(28-21)23(27)25-20-14-26-10-8-16(20)9-11-26/h2-7,12-13,16,20,24H,8-11,14H2,1H3,(H,25,27)/t20-/m0/s1. The second-order valence-electron chi connectivity index (χ2n) is 7.91. The van der Waals surface area contributed by atoms with Crippen molar-refractivity contribution in [3.05, 3.63) is 54.3 Å². The fourth-order valence-corrected chi connectivity index (χ4v) is 4.53. The van der Waals surface area contributed by atoms with Gasteiger partial charge in [-0.1, -0.05) is 18.2 Å². The van der Waals surface area contributed by atoms with E-state index in [9.17, 15) is 4.79 Å². The molecule has 5 heteroatoms. The van der Waals surface area contributed by atoms with Gasteiger partial charge in [0, 0.05) is 30.7 Å². The zero-order valence-corrected chi connectivity index (χ0v) is 16.1. The van der Waals surface area contributed by atoms with E-state index >= 15 is 0 Å². The van der Waals surface area contributed by atoms with Gasteiger partial charge in [-0.25, -0.2) is 0 Å². The maximum Gasteiger partial charge on any atom is 0.287 e. The van der Waals surface area contributed by atoms with Gasteiger partial charge >= 0.3 is 0 Å². The molecule has 3 fully saturated rings. The van der Waals surface area contributed by atoms with Crippen molar-refractivity contribution >= 4 is 22.6 Å². The molecule has 144 valence electrons. The molecule has 2 N–H and O–H groups in total. The topological polar surface area (TPSA) is 57.5 Å². The zero-order chi connectivity index (χ0) is 19.1. The number of fused-ring (bicyclic) bond motifs is 4. The minimum Gasteiger partial charge on any atom is -0.451 e. The highest BCUT2D eigenvalue weighted by molar-refractivity contribution is 5.97. The molecule has 3 aromatic rings. The molecule has 1 aromatic heterocycles. The zero-order valence-electron chi connectivity index (χ0n) is 16.1. The van der Waals surface area contributed by atoms with Gasteiger partial charge in [0.1, 0.15) is 5.58 Å². The van der Waals surface area contributed by atoms with Crippen molar-refractivity contribution in [2.45, 2.75) is 18.9 Å². The lowest BCUT2D eigenvalue weighted by molar-refractivity contribution is 0.0607. The molecule has 1 atom stereocenters. The first-order chi connectivity index (χ1) is 13.7. The molecule has 0 spiro atoms. The van der Waals surface area contributed by atoms with E-state index in [1.165, 1.54) is 25.9 Å². The Morgan fingerprint density at radius 2 is 1.79 bits per heavy atom. The number of anilines is 1. The minimum atomic E-state index is -0.102. The Balaban J connectivity index is 1.36. The highest BCUT2D eigenvalue weighted by atomic mass is 16.3. The molecule has 28 heavy (non-hydrogen) atoms. The van der Waals surface area contributed by atoms with Crippen LogP contribution in [0.5, 0.6) is 0 Å². The SMILES string of the molecule is CNc1ccc(-c2ccc3oc(C(=O)N[C@H]4CN5CCC4CC5)cc3c2)cc1. The van der Waals surface area contributed by atoms with Crippen molar-refractivity contribution in [3.63, 3.8) is 0 Å². The fraction of sp³-hybridized carbons (Fsp3) is 0.348. The second kappa shape index (κ2) is 6.99. The quantitative estimate of drug-likeness (QED) is 0.725. The molecule has 5 nitrogen and oxygen atoms in total. The van der Waals surface area contributed by atoms with E-state index in [0.717, 1.165) is 34.3 Å². The van der Waals surface area contributed by atoms with Gasteiger partial charge in [-0.3, -0.25) is 4.79 Å². The Morgan fingerprint density at radius 1 is 1.04 bits per heavy atom. The molecule has 0 aliphatic carbocycles. The predicted octanol–water partition coefficient (Wildman–Crippen LogP) is 3.97. The van der Waals surface area contributed by atoms with E-state index in [-0.39, 0.29) is 11.9 Å². The maximum absolute atomic E-state index is 12.8. The number of nitrogens with one attached hydrogen (secondary N) is 2. The Kier molecular flexibility index (Phi) is 4.32. The van der Waals surface area contributed by atoms with Crippen molar-refractivity contribution in [3.8, 4) is 11.1 Å². The van der Waals surface area contributed by atoms with Gasteiger partial charge < -0.3 is 20.0 Å². The first-order valence-electron chi connectivity index (χ1n) is 10.0. The van der Waals surface area contributed by atoms with Crippen molar-refractivity contribution in [2.75, 3.05) is 32.0 Å². The predicted molar refractivity (Wildman–Crippen MR) is 112 cm³/mol. The summed E-state index contributed by atoms with van der Waals surface area (Å²) in [6, 6.07) is 16.5. The van der Waals surface area contributed by atoms with Crippen LogP contribution in [0.25, 0.3) is 22.1 Å². The van der Waals surface area contributed by atoms with E-state index in [1.807, 2.05) is 25.2 Å². The van der Waals surface area contributed by atoms with E-state index in [0.29, 0.717) is 11.7 Å². The molecule has 3 aliphatic heterocycles. The number of furan rings is 1. The van der Waals surface area contributed by atoms with Crippen LogP contribution in [0.15, 0.2) is 52.9 Å². The van der Waals surface area contributed by atoms with Crippen LogP contribution in [-0.4, -0.2) is 43.5 Å². The highest BCUT2D eigenvalue weighted by Crippen LogP contribution is 2.29. The van der Waals surface area contributed by atoms with Gasteiger partial charge in [0.15, 0.2) is 5.76 Å². The molecule has 0 unspecified atom stereocenters. The van der Waals surface area contributed by atoms with E-state index in [1.54, 1.807) is 0 Å². The summed E-state index contributed by atoms with van der Waals surface area (Å²) in [6.45, 7) is 3.29. The molecule has 3 saturated heterocycles. The van der Waals surface area contributed by atoms with Gasteiger partial charge in [-0.15, -0.1) is 0 Å². The average molecular weight is 375 g/mol. The number of amides is 1. The normalized spacial score (nSPS) is 23.7. The molecular weight excluding hydrogens is 350 g/mol. The lowest BCUT2D eigenvalue weighted by Crippen LogP contribution is -2.57. The monoisotopic (exact) mass is 375 g/mol. The molecule has 1 amide bonds. The van der Waals surface area contributed by atoms with Gasteiger partial charge in [0.25, 0.3) is 5.91 Å². The molecular formula is C23H25N3O2. The summed E-state index contributed by atoms with van der Waals surface area (Å²) in [5.41, 5.74) is 4.08. The van der Waals surface area contributed by atoms with Crippen LogP contribution in [0.2, 0.25) is 0 Å². The van der Waals surface area contributed by atoms with Crippen LogP contribution in [0, 0.1) is 5.92 Å². The Hall–Kier alpha value is -2.79. The van der Waals surface area contributed by atoms with Gasteiger partial charge in [0.2, 0.25) is 0 Å². The number of carbonyl (C=O) groups excluding carboxylic acids is 1. The van der Waals surface area contributed by atoms with Gasteiger partial charge in [0.05, 0.1) is 0 Å². The van der Waals surface area contributed by atoms with Crippen molar-refractivity contribution in [1.29, 1.82) is 0 Å². The summed E-state index contributed by atoms with van der Waals surface area (Å²) in [5.74, 6) is 0.898. The molecule has 0 radical (unpaired) electrons. The minimum absolute atomic E-state index is 0.102. The Bertz CT molecular complexity index is 1000. The Morgan fingerprint density at radius 3 is 2.46 bits per heavy atom. The van der Waals surface area contributed by atoms with Crippen molar-refractivity contribution in [1.82, 2.24) is 10.2 Å². The van der Waals surface area contributed by atoms with Crippen molar-refractivity contribution < 1.29 is 9.21 Å². The maximum atomic E-state index is 12.8. The third kappa shape index (κ3) is 3.16. The number of hydrogen-bond acceptors (Lipinski definition) is 4. The number of nitrogens with zero attached hydrogens (tertiary/aromatic N) is 1. The number of hydrogen-bond donors (Lipinski definition) is 2. The molecule has 0 saturated carbocycles. The van der Waals surface area contributed by atoms with E-state index < -0.39 is 0 Å². The fourth-order valence-electron chi connectivity index (χ4n) is 4.53. The lowest BCUT2D eigenvalue weighted by Gasteiger charge is -2.44. The van der Waals surface area contributed by atoms with Crippen LogP contribution < -0.4 is 10.6 Å².